The van der Waals surface area contributed by atoms with Gasteiger partial charge in [0, 0.05) is 44.4 Å². The van der Waals surface area contributed by atoms with E-state index in [-0.39, 0.29) is 11.8 Å². The summed E-state index contributed by atoms with van der Waals surface area (Å²) >= 11 is 0. The average molecular weight is 493 g/mol. The Kier molecular flexibility index (Phi) is 5.44. The molecule has 36 heavy (non-hydrogen) atoms. The zero-order valence-corrected chi connectivity index (χ0v) is 19.2. The number of piperazine rings is 1. The van der Waals surface area contributed by atoms with E-state index in [1.54, 1.807) is 23.0 Å². The molecule has 0 atom stereocenters. The minimum Gasteiger partial charge on any atom is -0.368 e. The van der Waals surface area contributed by atoms with Crippen LogP contribution in [0.25, 0.3) is 28.1 Å². The molecule has 1 saturated heterocycles. The Labute approximate surface area is 203 Å². The van der Waals surface area contributed by atoms with Crippen LogP contribution >= 0.6 is 0 Å². The summed E-state index contributed by atoms with van der Waals surface area (Å²) in [6.07, 6.45) is 1.68. The van der Waals surface area contributed by atoms with Crippen molar-refractivity contribution in [1.82, 2.24) is 34.3 Å². The molecule has 0 spiro atoms. The highest BCUT2D eigenvalue weighted by Crippen LogP contribution is 2.24. The second kappa shape index (κ2) is 8.79. The fourth-order valence-corrected chi connectivity index (χ4v) is 4.56. The van der Waals surface area contributed by atoms with Crippen LogP contribution in [0, 0.1) is 17.5 Å². The molecular formula is C24H22F3N9. The van der Waals surface area contributed by atoms with Gasteiger partial charge < -0.3 is 10.6 Å². The predicted molar refractivity (Wildman–Crippen MR) is 129 cm³/mol. The second-order valence-electron chi connectivity index (χ2n) is 8.68. The van der Waals surface area contributed by atoms with Crippen molar-refractivity contribution in [2.45, 2.75) is 6.54 Å². The van der Waals surface area contributed by atoms with E-state index in [4.69, 9.17) is 5.73 Å². The van der Waals surface area contributed by atoms with Gasteiger partial charge in [0.2, 0.25) is 5.95 Å². The molecule has 0 aliphatic carbocycles. The van der Waals surface area contributed by atoms with Crippen LogP contribution in [0.15, 0.2) is 48.7 Å². The van der Waals surface area contributed by atoms with Gasteiger partial charge in [0.1, 0.15) is 17.5 Å². The second-order valence-corrected chi connectivity index (χ2v) is 8.68. The van der Waals surface area contributed by atoms with E-state index >= 15 is 0 Å². The van der Waals surface area contributed by atoms with Gasteiger partial charge in [0.05, 0.1) is 23.8 Å². The highest BCUT2D eigenvalue weighted by molar-refractivity contribution is 5.90. The molecule has 12 heteroatoms. The van der Waals surface area contributed by atoms with Gasteiger partial charge in [0.15, 0.2) is 17.1 Å². The van der Waals surface area contributed by atoms with Gasteiger partial charge in [-0.2, -0.15) is 14.6 Å². The van der Waals surface area contributed by atoms with Crippen LogP contribution in [0.3, 0.4) is 0 Å². The summed E-state index contributed by atoms with van der Waals surface area (Å²) in [4.78, 5) is 13.2. The third-order valence-corrected chi connectivity index (χ3v) is 6.43. The van der Waals surface area contributed by atoms with Crippen molar-refractivity contribution >= 4 is 28.3 Å². The van der Waals surface area contributed by atoms with Crippen molar-refractivity contribution in [2.24, 2.45) is 0 Å². The van der Waals surface area contributed by atoms with Gasteiger partial charge in [-0.25, -0.2) is 22.8 Å². The summed E-state index contributed by atoms with van der Waals surface area (Å²) in [7, 11) is 0. The molecule has 6 rings (SSSR count). The van der Waals surface area contributed by atoms with E-state index in [9.17, 15) is 13.2 Å². The van der Waals surface area contributed by atoms with Gasteiger partial charge in [-0.1, -0.05) is 12.1 Å². The predicted octanol–water partition coefficient (Wildman–Crippen LogP) is 2.96. The molecule has 3 aromatic heterocycles. The summed E-state index contributed by atoms with van der Waals surface area (Å²) in [5.41, 5.74) is 8.21. The zero-order valence-electron chi connectivity index (χ0n) is 19.2. The van der Waals surface area contributed by atoms with Crippen molar-refractivity contribution < 1.29 is 13.2 Å². The van der Waals surface area contributed by atoms with Crippen molar-refractivity contribution in [3.05, 3.63) is 66.1 Å². The normalized spacial score (nSPS) is 14.8. The maximum atomic E-state index is 14.1. The van der Waals surface area contributed by atoms with E-state index in [1.165, 1.54) is 28.8 Å². The smallest absolute Gasteiger partial charge is 0.225 e. The SMILES string of the molecule is Nc1nc2c(cnn2CCN2CCN(c3ccc(F)cc3F)CC2)c2nc(-c3cccc(F)c3)nn12. The Morgan fingerprint density at radius 3 is 2.44 bits per heavy atom. The lowest BCUT2D eigenvalue weighted by molar-refractivity contribution is 0.245. The number of hydrogen-bond donors (Lipinski definition) is 1. The van der Waals surface area contributed by atoms with Crippen LogP contribution in [-0.2, 0) is 6.54 Å². The van der Waals surface area contributed by atoms with Crippen LogP contribution in [0.4, 0.5) is 24.8 Å². The molecule has 0 saturated carbocycles. The molecule has 9 nitrogen and oxygen atoms in total. The molecule has 0 radical (unpaired) electrons. The van der Waals surface area contributed by atoms with Crippen LogP contribution in [0.2, 0.25) is 0 Å². The van der Waals surface area contributed by atoms with Gasteiger partial charge in [0.25, 0.3) is 0 Å². The Morgan fingerprint density at radius 2 is 1.67 bits per heavy atom. The largest absolute Gasteiger partial charge is 0.368 e. The summed E-state index contributed by atoms with van der Waals surface area (Å²) in [6, 6.07) is 9.73. The number of nitrogen functional groups attached to an aromatic ring is 1. The molecule has 2 N–H and O–H groups in total. The number of rotatable bonds is 5. The molecule has 4 heterocycles. The lowest BCUT2D eigenvalue weighted by Crippen LogP contribution is -2.47. The Balaban J connectivity index is 1.18. The molecule has 184 valence electrons. The van der Waals surface area contributed by atoms with Crippen molar-refractivity contribution in [1.29, 1.82) is 0 Å². The highest BCUT2D eigenvalue weighted by Gasteiger charge is 2.21. The van der Waals surface area contributed by atoms with Crippen LogP contribution in [0.5, 0.6) is 0 Å². The molecule has 1 aliphatic heterocycles. The first-order chi connectivity index (χ1) is 17.5. The molecule has 1 aliphatic rings. The summed E-state index contributed by atoms with van der Waals surface area (Å²) in [6.45, 7) is 4.02. The summed E-state index contributed by atoms with van der Waals surface area (Å²) < 4.78 is 44.2. The molecule has 0 unspecified atom stereocenters. The first kappa shape index (κ1) is 22.3. The molecule has 5 aromatic rings. The lowest BCUT2D eigenvalue weighted by Gasteiger charge is -2.36. The third-order valence-electron chi connectivity index (χ3n) is 6.43. The van der Waals surface area contributed by atoms with Crippen LogP contribution < -0.4 is 10.6 Å². The summed E-state index contributed by atoms with van der Waals surface area (Å²) in [5, 5.41) is 9.57. The Bertz CT molecular complexity index is 1570. The number of aromatic nitrogens is 6. The fourth-order valence-electron chi connectivity index (χ4n) is 4.56. The van der Waals surface area contributed by atoms with E-state index in [1.807, 2.05) is 4.90 Å². The number of hydrogen-bond acceptors (Lipinski definition) is 7. The van der Waals surface area contributed by atoms with Crippen LogP contribution in [0.1, 0.15) is 0 Å². The molecule has 0 bridgehead atoms. The number of nitrogens with two attached hydrogens (primary N) is 1. The number of halogens is 3. The molecule has 2 aromatic carbocycles. The van der Waals surface area contributed by atoms with Gasteiger partial charge in [-0.3, -0.25) is 4.90 Å². The maximum Gasteiger partial charge on any atom is 0.225 e. The number of fused-ring (bicyclic) bond motifs is 3. The van der Waals surface area contributed by atoms with E-state index in [0.29, 0.717) is 59.9 Å². The molecule has 1 fully saturated rings. The summed E-state index contributed by atoms with van der Waals surface area (Å²) in [5.74, 6) is -0.998. The average Bonchev–Trinajstić information content (AvgIpc) is 3.48. The van der Waals surface area contributed by atoms with Crippen molar-refractivity contribution in [2.75, 3.05) is 43.4 Å². The highest BCUT2D eigenvalue weighted by atomic mass is 19.1. The zero-order chi connectivity index (χ0) is 24.8. The first-order valence-electron chi connectivity index (χ1n) is 11.5. The van der Waals surface area contributed by atoms with Gasteiger partial charge in [-0.15, -0.1) is 5.10 Å². The maximum absolute atomic E-state index is 14.1. The molecular weight excluding hydrogens is 471 g/mol. The fraction of sp³-hybridized carbons (Fsp3) is 0.250. The van der Waals surface area contributed by atoms with Crippen molar-refractivity contribution in [3.63, 3.8) is 0 Å². The third kappa shape index (κ3) is 3.98. The van der Waals surface area contributed by atoms with Crippen molar-refractivity contribution in [3.8, 4) is 11.4 Å². The number of anilines is 2. The standard InChI is InChI=1S/C24H22F3N9/c25-16-3-1-2-15(12-16)21-30-23-18-14-29-35(22(18)31-24(28)36(23)32-21)11-8-33-6-9-34(10-7-33)20-5-4-17(26)13-19(20)27/h1-5,12-14H,6-11H2,(H2,28,31). The topological polar surface area (TPSA) is 93.4 Å². The monoisotopic (exact) mass is 493 g/mol. The minimum absolute atomic E-state index is 0.157. The van der Waals surface area contributed by atoms with E-state index in [0.717, 1.165) is 19.2 Å². The van der Waals surface area contributed by atoms with E-state index < -0.39 is 11.6 Å². The first-order valence-corrected chi connectivity index (χ1v) is 11.5. The quantitative estimate of drug-likeness (QED) is 0.402. The van der Waals surface area contributed by atoms with Gasteiger partial charge >= 0.3 is 0 Å². The Hall–Kier alpha value is -4.19. The number of benzene rings is 2. The van der Waals surface area contributed by atoms with E-state index in [2.05, 4.69) is 25.1 Å². The van der Waals surface area contributed by atoms with Gasteiger partial charge in [-0.05, 0) is 24.3 Å². The Morgan fingerprint density at radius 1 is 0.861 bits per heavy atom. The minimum atomic E-state index is -0.579. The lowest BCUT2D eigenvalue weighted by atomic mass is 10.2. The molecule has 0 amide bonds. The number of nitrogens with zero attached hydrogens (tertiary/aromatic N) is 8. The van der Waals surface area contributed by atoms with Crippen LogP contribution in [-0.4, -0.2) is 67.0 Å².